The molecule has 0 radical (unpaired) electrons. The van der Waals surface area contributed by atoms with Crippen molar-refractivity contribution in [3.05, 3.63) is 34.6 Å². The Labute approximate surface area is 95.4 Å². The third-order valence-corrected chi connectivity index (χ3v) is 2.83. The topological polar surface area (TPSA) is 26.0 Å². The molecule has 0 saturated carbocycles. The monoisotopic (exact) mass is 253 g/mol. The number of benzene rings is 1. The Morgan fingerprint density at radius 2 is 1.24 bits per heavy atom. The Morgan fingerprint density at radius 1 is 0.882 bits per heavy atom. The normalized spacial score (nSPS) is 14.8. The molecule has 0 aliphatic carbocycles. The summed E-state index contributed by atoms with van der Waals surface area (Å²) in [6, 6.07) is -1.23. The van der Waals surface area contributed by atoms with E-state index in [2.05, 4.69) is 0 Å². The zero-order valence-corrected chi connectivity index (χ0v) is 9.33. The Balaban J connectivity index is 3.44. The van der Waals surface area contributed by atoms with Gasteiger partial charge in [0.1, 0.15) is 0 Å². The van der Waals surface area contributed by atoms with E-state index >= 15 is 0 Å². The third-order valence-electron chi connectivity index (χ3n) is 2.83. The Hall–Kier alpha value is -1.17. The molecule has 1 unspecified atom stereocenters. The van der Waals surface area contributed by atoms with E-state index < -0.39 is 46.6 Å². The van der Waals surface area contributed by atoms with Gasteiger partial charge in [-0.15, -0.1) is 0 Å². The van der Waals surface area contributed by atoms with Crippen LogP contribution in [0.3, 0.4) is 0 Å². The molecule has 0 fully saturated rings. The highest BCUT2D eigenvalue weighted by molar-refractivity contribution is 5.27. The zero-order chi connectivity index (χ0) is 13.3. The van der Waals surface area contributed by atoms with Crippen LogP contribution in [-0.4, -0.2) is 0 Å². The first-order chi connectivity index (χ1) is 7.82. The molecule has 0 aliphatic heterocycles. The number of hydrogen-bond donors (Lipinski definition) is 1. The molecule has 96 valence electrons. The smallest absolute Gasteiger partial charge is 0.200 e. The van der Waals surface area contributed by atoms with Gasteiger partial charge in [-0.05, 0) is 5.92 Å². The van der Waals surface area contributed by atoms with Gasteiger partial charge in [-0.2, -0.15) is 0 Å². The molecule has 6 heteroatoms. The molecular weight excluding hydrogens is 241 g/mol. The molecule has 0 aromatic heterocycles. The predicted octanol–water partition coefficient (Wildman–Crippen LogP) is 3.43. The number of halogens is 5. The van der Waals surface area contributed by atoms with Crippen LogP contribution in [0.25, 0.3) is 0 Å². The molecule has 1 aromatic rings. The lowest BCUT2D eigenvalue weighted by atomic mass is 9.92. The minimum Gasteiger partial charge on any atom is -0.324 e. The van der Waals surface area contributed by atoms with Crippen molar-refractivity contribution in [3.8, 4) is 0 Å². The minimum absolute atomic E-state index is 0.400. The first-order valence-electron chi connectivity index (χ1n) is 5.09. The standard InChI is InChI=1S/C11H12F5N/c1-3-4(2)11(17)5-6(12)8(14)10(16)9(15)7(5)13/h4,11H,3,17H2,1-2H3/t4?,11-/m0/s1. The molecule has 0 amide bonds. The lowest BCUT2D eigenvalue weighted by molar-refractivity contribution is 0.346. The van der Waals surface area contributed by atoms with Crippen molar-refractivity contribution in [2.45, 2.75) is 26.3 Å². The fraction of sp³-hybridized carbons (Fsp3) is 0.455. The van der Waals surface area contributed by atoms with Gasteiger partial charge in [-0.25, -0.2) is 22.0 Å². The third kappa shape index (κ3) is 2.26. The van der Waals surface area contributed by atoms with Crippen LogP contribution < -0.4 is 5.73 Å². The van der Waals surface area contributed by atoms with E-state index in [1.165, 1.54) is 0 Å². The van der Waals surface area contributed by atoms with E-state index in [4.69, 9.17) is 5.73 Å². The first kappa shape index (κ1) is 13.9. The van der Waals surface area contributed by atoms with E-state index in [-0.39, 0.29) is 0 Å². The maximum atomic E-state index is 13.3. The molecule has 0 spiro atoms. The second-order valence-electron chi connectivity index (χ2n) is 3.89. The van der Waals surface area contributed by atoms with Crippen molar-refractivity contribution < 1.29 is 22.0 Å². The van der Waals surface area contributed by atoms with E-state index in [1.807, 2.05) is 0 Å². The van der Waals surface area contributed by atoms with Crippen LogP contribution in [0.4, 0.5) is 22.0 Å². The maximum absolute atomic E-state index is 13.3. The highest BCUT2D eigenvalue weighted by atomic mass is 19.2. The average Bonchev–Trinajstić information content (AvgIpc) is 2.32. The summed E-state index contributed by atoms with van der Waals surface area (Å²) < 4.78 is 65.3. The maximum Gasteiger partial charge on any atom is 0.200 e. The fourth-order valence-corrected chi connectivity index (χ4v) is 1.45. The molecule has 0 aliphatic rings. The average molecular weight is 253 g/mol. The molecule has 0 saturated heterocycles. The van der Waals surface area contributed by atoms with Crippen LogP contribution in [0.15, 0.2) is 0 Å². The van der Waals surface area contributed by atoms with Crippen molar-refractivity contribution in [1.29, 1.82) is 0 Å². The van der Waals surface area contributed by atoms with Crippen molar-refractivity contribution in [2.75, 3.05) is 0 Å². The summed E-state index contributed by atoms with van der Waals surface area (Å²) in [5.41, 5.74) is 4.55. The first-order valence-corrected chi connectivity index (χ1v) is 5.09. The molecule has 0 bridgehead atoms. The van der Waals surface area contributed by atoms with E-state index in [1.54, 1.807) is 13.8 Å². The number of nitrogens with two attached hydrogens (primary N) is 1. The van der Waals surface area contributed by atoms with Gasteiger partial charge in [0.2, 0.25) is 5.82 Å². The van der Waals surface area contributed by atoms with Gasteiger partial charge in [0.15, 0.2) is 23.3 Å². The van der Waals surface area contributed by atoms with Gasteiger partial charge >= 0.3 is 0 Å². The Kier molecular flexibility index (Phi) is 4.08. The zero-order valence-electron chi connectivity index (χ0n) is 9.33. The lowest BCUT2D eigenvalue weighted by Crippen LogP contribution is -2.23. The van der Waals surface area contributed by atoms with Crippen molar-refractivity contribution in [2.24, 2.45) is 11.7 Å². The van der Waals surface area contributed by atoms with Crippen molar-refractivity contribution >= 4 is 0 Å². The van der Waals surface area contributed by atoms with Crippen LogP contribution >= 0.6 is 0 Å². The summed E-state index contributed by atoms with van der Waals surface area (Å²) >= 11 is 0. The largest absolute Gasteiger partial charge is 0.324 e. The fourth-order valence-electron chi connectivity index (χ4n) is 1.45. The number of rotatable bonds is 3. The summed E-state index contributed by atoms with van der Waals surface area (Å²) in [7, 11) is 0. The van der Waals surface area contributed by atoms with Crippen molar-refractivity contribution in [1.82, 2.24) is 0 Å². The van der Waals surface area contributed by atoms with E-state index in [0.717, 1.165) is 0 Å². The summed E-state index contributed by atoms with van der Waals surface area (Å²) in [6.45, 7) is 3.28. The molecule has 1 rings (SSSR count). The molecule has 2 atom stereocenters. The van der Waals surface area contributed by atoms with Gasteiger partial charge in [0.25, 0.3) is 0 Å². The van der Waals surface area contributed by atoms with Crippen LogP contribution in [0, 0.1) is 35.0 Å². The highest BCUT2D eigenvalue weighted by Crippen LogP contribution is 2.30. The molecule has 17 heavy (non-hydrogen) atoms. The predicted molar refractivity (Wildman–Crippen MR) is 52.6 cm³/mol. The van der Waals surface area contributed by atoms with Crippen LogP contribution in [0.2, 0.25) is 0 Å². The SMILES string of the molecule is CCC(C)[C@H](N)c1c(F)c(F)c(F)c(F)c1F. The highest BCUT2D eigenvalue weighted by Gasteiger charge is 2.30. The molecule has 1 aromatic carbocycles. The molecule has 1 nitrogen and oxygen atoms in total. The Bertz CT molecular complexity index is 403. The van der Waals surface area contributed by atoms with Gasteiger partial charge in [-0.3, -0.25) is 0 Å². The van der Waals surface area contributed by atoms with E-state index in [9.17, 15) is 22.0 Å². The second-order valence-corrected chi connectivity index (χ2v) is 3.89. The lowest BCUT2D eigenvalue weighted by Gasteiger charge is -2.20. The van der Waals surface area contributed by atoms with Crippen LogP contribution in [0.5, 0.6) is 0 Å². The summed E-state index contributed by atoms with van der Waals surface area (Å²) in [5, 5.41) is 0. The molecule has 2 N–H and O–H groups in total. The van der Waals surface area contributed by atoms with Gasteiger partial charge in [0, 0.05) is 11.6 Å². The molecule has 0 heterocycles. The van der Waals surface area contributed by atoms with Crippen LogP contribution in [0.1, 0.15) is 31.9 Å². The summed E-state index contributed by atoms with van der Waals surface area (Å²) in [4.78, 5) is 0. The molecular formula is C11H12F5N. The van der Waals surface area contributed by atoms with Crippen LogP contribution in [-0.2, 0) is 0 Å². The quantitative estimate of drug-likeness (QED) is 0.498. The minimum atomic E-state index is -2.17. The summed E-state index contributed by atoms with van der Waals surface area (Å²) in [5.74, 6) is -10.2. The Morgan fingerprint density at radius 3 is 1.59 bits per heavy atom. The number of hydrogen-bond acceptors (Lipinski definition) is 1. The van der Waals surface area contributed by atoms with E-state index in [0.29, 0.717) is 6.42 Å². The van der Waals surface area contributed by atoms with Gasteiger partial charge < -0.3 is 5.73 Å². The van der Waals surface area contributed by atoms with Gasteiger partial charge in [-0.1, -0.05) is 20.3 Å². The summed E-state index contributed by atoms with van der Waals surface area (Å²) in [6.07, 6.45) is 0.459. The second kappa shape index (κ2) is 5.00. The van der Waals surface area contributed by atoms with Crippen molar-refractivity contribution in [3.63, 3.8) is 0 Å². The van der Waals surface area contributed by atoms with Gasteiger partial charge in [0.05, 0.1) is 0 Å².